The van der Waals surface area contributed by atoms with Gasteiger partial charge >= 0.3 is 0 Å². The molecule has 102 valence electrons. The second kappa shape index (κ2) is 5.30. The summed E-state index contributed by atoms with van der Waals surface area (Å²) < 4.78 is 1.96. The molecule has 2 rings (SSSR count). The van der Waals surface area contributed by atoms with Gasteiger partial charge in [0.2, 0.25) is 5.91 Å². The molecule has 0 bridgehead atoms. The van der Waals surface area contributed by atoms with E-state index in [4.69, 9.17) is 0 Å². The lowest BCUT2D eigenvalue weighted by Crippen LogP contribution is -2.41. The van der Waals surface area contributed by atoms with Gasteiger partial charge in [-0.15, -0.1) is 0 Å². The lowest BCUT2D eigenvalue weighted by Gasteiger charge is -2.20. The van der Waals surface area contributed by atoms with E-state index in [1.807, 2.05) is 49.6 Å². The lowest BCUT2D eigenvalue weighted by atomic mass is 10.1. The van der Waals surface area contributed by atoms with Crippen LogP contribution < -0.4 is 10.6 Å². The molecule has 0 aliphatic carbocycles. The monoisotopic (exact) mass is 260 g/mol. The van der Waals surface area contributed by atoms with Gasteiger partial charge in [0.05, 0.1) is 0 Å². The zero-order valence-corrected chi connectivity index (χ0v) is 11.6. The van der Waals surface area contributed by atoms with Crippen molar-refractivity contribution >= 4 is 17.4 Å². The van der Waals surface area contributed by atoms with Gasteiger partial charge in [-0.3, -0.25) is 9.20 Å². The summed E-state index contributed by atoms with van der Waals surface area (Å²) in [5.74, 6) is 0.997. The lowest BCUT2D eigenvalue weighted by molar-refractivity contribution is -0.122. The van der Waals surface area contributed by atoms with Crippen molar-refractivity contribution in [1.29, 1.82) is 0 Å². The first-order valence-corrected chi connectivity index (χ1v) is 6.43. The fourth-order valence-electron chi connectivity index (χ4n) is 1.88. The van der Waals surface area contributed by atoms with Crippen molar-refractivity contribution in [3.8, 4) is 0 Å². The van der Waals surface area contributed by atoms with Crippen LogP contribution in [0.3, 0.4) is 0 Å². The molecule has 2 aromatic heterocycles. The third-order valence-electron chi connectivity index (χ3n) is 2.60. The van der Waals surface area contributed by atoms with E-state index < -0.39 is 0 Å². The number of fused-ring (bicyclic) bond motifs is 1. The smallest absolute Gasteiger partial charge is 0.222 e. The number of imidazole rings is 1. The molecule has 0 aliphatic heterocycles. The summed E-state index contributed by atoms with van der Waals surface area (Å²) in [7, 11) is 0. The number of hydrogen-bond acceptors (Lipinski definition) is 3. The Morgan fingerprint density at radius 1 is 1.37 bits per heavy atom. The Labute approximate surface area is 113 Å². The predicted molar refractivity (Wildman–Crippen MR) is 76.2 cm³/mol. The normalized spacial score (nSPS) is 11.5. The highest BCUT2D eigenvalue weighted by atomic mass is 16.1. The molecule has 0 atom stereocenters. The summed E-state index contributed by atoms with van der Waals surface area (Å²) in [6.45, 7) is 6.53. The zero-order valence-electron chi connectivity index (χ0n) is 11.6. The first-order chi connectivity index (χ1) is 8.96. The van der Waals surface area contributed by atoms with E-state index in [1.165, 1.54) is 0 Å². The van der Waals surface area contributed by atoms with E-state index in [2.05, 4.69) is 15.6 Å². The van der Waals surface area contributed by atoms with Gasteiger partial charge in [-0.1, -0.05) is 6.07 Å². The molecule has 0 fully saturated rings. The Morgan fingerprint density at radius 3 is 2.89 bits per heavy atom. The van der Waals surface area contributed by atoms with Crippen LogP contribution in [0.4, 0.5) is 5.82 Å². The van der Waals surface area contributed by atoms with Crippen LogP contribution in [0.1, 0.15) is 27.2 Å². The Morgan fingerprint density at radius 2 is 2.16 bits per heavy atom. The summed E-state index contributed by atoms with van der Waals surface area (Å²) >= 11 is 0. The molecular weight excluding hydrogens is 240 g/mol. The van der Waals surface area contributed by atoms with Crippen molar-refractivity contribution in [2.24, 2.45) is 0 Å². The summed E-state index contributed by atoms with van der Waals surface area (Å²) in [6, 6.07) is 5.85. The number of rotatable bonds is 4. The fourth-order valence-corrected chi connectivity index (χ4v) is 1.88. The van der Waals surface area contributed by atoms with Gasteiger partial charge in [-0.2, -0.15) is 0 Å². The molecule has 0 spiro atoms. The standard InChI is InChI=1S/C14H20N4O/c1-14(2,3)17-13(19)7-8-15-11-5-4-6-12-16-9-10-18(11)12/h4-6,9-10,15H,7-8H2,1-3H3,(H,17,19). The van der Waals surface area contributed by atoms with Crippen LogP contribution >= 0.6 is 0 Å². The Balaban J connectivity index is 1.89. The number of amides is 1. The van der Waals surface area contributed by atoms with E-state index in [0.29, 0.717) is 13.0 Å². The van der Waals surface area contributed by atoms with Crippen LogP contribution in [0.5, 0.6) is 0 Å². The number of carbonyl (C=O) groups is 1. The number of carbonyl (C=O) groups excluding carboxylic acids is 1. The summed E-state index contributed by atoms with van der Waals surface area (Å²) in [5, 5.41) is 6.19. The molecular formula is C14H20N4O. The van der Waals surface area contributed by atoms with Crippen LogP contribution in [-0.2, 0) is 4.79 Å². The number of nitrogens with one attached hydrogen (secondary N) is 2. The van der Waals surface area contributed by atoms with E-state index in [9.17, 15) is 4.79 Å². The summed E-state index contributed by atoms with van der Waals surface area (Å²) in [5.41, 5.74) is 0.714. The molecule has 2 aromatic rings. The molecule has 2 N–H and O–H groups in total. The maximum Gasteiger partial charge on any atom is 0.222 e. The van der Waals surface area contributed by atoms with Crippen molar-refractivity contribution in [2.45, 2.75) is 32.7 Å². The van der Waals surface area contributed by atoms with Crippen molar-refractivity contribution < 1.29 is 4.79 Å². The highest BCUT2D eigenvalue weighted by molar-refractivity contribution is 5.77. The topological polar surface area (TPSA) is 58.4 Å². The van der Waals surface area contributed by atoms with Crippen molar-refractivity contribution in [2.75, 3.05) is 11.9 Å². The van der Waals surface area contributed by atoms with Gasteiger partial charge in [0.1, 0.15) is 11.5 Å². The largest absolute Gasteiger partial charge is 0.371 e. The summed E-state index contributed by atoms with van der Waals surface area (Å²) in [4.78, 5) is 15.9. The van der Waals surface area contributed by atoms with Gasteiger partial charge in [-0.25, -0.2) is 4.98 Å². The minimum atomic E-state index is -0.179. The highest BCUT2D eigenvalue weighted by Crippen LogP contribution is 2.10. The highest BCUT2D eigenvalue weighted by Gasteiger charge is 2.13. The van der Waals surface area contributed by atoms with Crippen LogP contribution in [-0.4, -0.2) is 27.4 Å². The van der Waals surface area contributed by atoms with E-state index in [1.54, 1.807) is 6.20 Å². The molecule has 0 unspecified atom stereocenters. The minimum absolute atomic E-state index is 0.0535. The number of nitrogens with zero attached hydrogens (tertiary/aromatic N) is 2. The quantitative estimate of drug-likeness (QED) is 0.884. The molecule has 2 heterocycles. The first kappa shape index (κ1) is 13.4. The van der Waals surface area contributed by atoms with Crippen LogP contribution in [0, 0.1) is 0 Å². The van der Waals surface area contributed by atoms with E-state index in [-0.39, 0.29) is 11.4 Å². The maximum absolute atomic E-state index is 11.7. The van der Waals surface area contributed by atoms with E-state index >= 15 is 0 Å². The molecule has 0 aliphatic rings. The van der Waals surface area contributed by atoms with Gasteiger partial charge in [0.25, 0.3) is 0 Å². The Bertz CT molecular complexity index is 568. The SMILES string of the molecule is CC(C)(C)NC(=O)CCNc1cccc2nccn12. The molecule has 19 heavy (non-hydrogen) atoms. The summed E-state index contributed by atoms with van der Waals surface area (Å²) in [6.07, 6.45) is 4.10. The van der Waals surface area contributed by atoms with Gasteiger partial charge in [-0.05, 0) is 32.9 Å². The fraction of sp³-hybridized carbons (Fsp3) is 0.429. The zero-order chi connectivity index (χ0) is 13.9. The van der Waals surface area contributed by atoms with Crippen molar-refractivity contribution in [3.63, 3.8) is 0 Å². The Kier molecular flexibility index (Phi) is 3.74. The van der Waals surface area contributed by atoms with Crippen LogP contribution in [0.25, 0.3) is 5.65 Å². The molecule has 0 radical (unpaired) electrons. The molecule has 0 saturated heterocycles. The number of hydrogen-bond donors (Lipinski definition) is 2. The number of anilines is 1. The molecule has 5 heteroatoms. The predicted octanol–water partition coefficient (Wildman–Crippen LogP) is 2.05. The van der Waals surface area contributed by atoms with Gasteiger partial charge in [0, 0.05) is 30.9 Å². The van der Waals surface area contributed by atoms with Crippen LogP contribution in [0.15, 0.2) is 30.6 Å². The molecule has 0 saturated carbocycles. The van der Waals surface area contributed by atoms with Gasteiger partial charge < -0.3 is 10.6 Å². The molecule has 1 amide bonds. The third-order valence-corrected chi connectivity index (χ3v) is 2.60. The Hall–Kier alpha value is -2.04. The number of pyridine rings is 1. The average Bonchev–Trinajstić information content (AvgIpc) is 2.75. The number of aromatic nitrogens is 2. The second-order valence-corrected chi connectivity index (χ2v) is 5.54. The first-order valence-electron chi connectivity index (χ1n) is 6.43. The molecule has 5 nitrogen and oxygen atoms in total. The molecule has 0 aromatic carbocycles. The average molecular weight is 260 g/mol. The second-order valence-electron chi connectivity index (χ2n) is 5.54. The third kappa shape index (κ3) is 3.71. The van der Waals surface area contributed by atoms with E-state index in [0.717, 1.165) is 11.5 Å². The van der Waals surface area contributed by atoms with Gasteiger partial charge in [0.15, 0.2) is 0 Å². The van der Waals surface area contributed by atoms with Crippen molar-refractivity contribution in [1.82, 2.24) is 14.7 Å². The van der Waals surface area contributed by atoms with Crippen LogP contribution in [0.2, 0.25) is 0 Å². The minimum Gasteiger partial charge on any atom is -0.371 e. The maximum atomic E-state index is 11.7. The van der Waals surface area contributed by atoms with Crippen molar-refractivity contribution in [3.05, 3.63) is 30.6 Å².